The largest absolute Gasteiger partial charge is 0.471 e. The summed E-state index contributed by atoms with van der Waals surface area (Å²) in [7, 11) is 0. The average molecular weight is 449 g/mol. The molecule has 30 heavy (non-hydrogen) atoms. The Balaban J connectivity index is 1.55. The van der Waals surface area contributed by atoms with Gasteiger partial charge in [0.2, 0.25) is 5.88 Å². The first-order valence-corrected chi connectivity index (χ1v) is 10.9. The molecule has 0 spiro atoms. The molecule has 1 fully saturated rings. The van der Waals surface area contributed by atoms with Gasteiger partial charge in [0, 0.05) is 35.1 Å². The van der Waals surface area contributed by atoms with E-state index in [2.05, 4.69) is 28.3 Å². The Hall–Kier alpha value is -2.42. The number of nitrogens with two attached hydrogens (primary N) is 1. The molecule has 2 aliphatic rings. The van der Waals surface area contributed by atoms with Gasteiger partial charge < -0.3 is 20.5 Å². The number of allylic oxidation sites excluding steroid dienone is 5. The zero-order chi connectivity index (χ0) is 21.3. The van der Waals surface area contributed by atoms with Crippen molar-refractivity contribution in [3.8, 4) is 5.88 Å². The standard InChI is InChI=1S/C21H22ClFN4O2S/c1-11-7-13(3-4-17(24)12(11)2)18-10-30-21(25-18)27-19-16(23)8-15(22)20(26-19)29-14-5-6-28-9-14/h3-4,7-8,10,12,14H,5-6,9,24H2,1-2H3,(H,25,26,27). The zero-order valence-electron chi connectivity index (χ0n) is 16.6. The second kappa shape index (κ2) is 8.75. The van der Waals surface area contributed by atoms with Crippen LogP contribution in [0.1, 0.15) is 26.0 Å². The Bertz CT molecular complexity index is 1040. The summed E-state index contributed by atoms with van der Waals surface area (Å²) in [5, 5.41) is 5.46. The lowest BCUT2D eigenvalue weighted by atomic mass is 9.99. The quantitative estimate of drug-likeness (QED) is 0.665. The Morgan fingerprint density at radius 1 is 1.37 bits per heavy atom. The maximum Gasteiger partial charge on any atom is 0.235 e. The van der Waals surface area contributed by atoms with Crippen molar-refractivity contribution in [3.63, 3.8) is 0 Å². The lowest BCUT2D eigenvalue weighted by Gasteiger charge is -2.13. The summed E-state index contributed by atoms with van der Waals surface area (Å²) < 4.78 is 25.5. The topological polar surface area (TPSA) is 82.3 Å². The number of hydrogen-bond acceptors (Lipinski definition) is 7. The maximum atomic E-state index is 14.4. The first-order valence-electron chi connectivity index (χ1n) is 9.59. The molecular formula is C21H22ClFN4O2S. The first kappa shape index (κ1) is 20.8. The molecule has 9 heteroatoms. The van der Waals surface area contributed by atoms with Gasteiger partial charge in [-0.1, -0.05) is 36.2 Å². The smallest absolute Gasteiger partial charge is 0.235 e. The highest BCUT2D eigenvalue weighted by atomic mass is 35.5. The molecule has 158 valence electrons. The predicted molar refractivity (Wildman–Crippen MR) is 118 cm³/mol. The Labute approximate surface area is 183 Å². The molecular weight excluding hydrogens is 427 g/mol. The molecule has 1 aliphatic carbocycles. The summed E-state index contributed by atoms with van der Waals surface area (Å²) in [4.78, 5) is 8.79. The number of anilines is 2. The van der Waals surface area contributed by atoms with E-state index < -0.39 is 5.82 Å². The lowest BCUT2D eigenvalue weighted by molar-refractivity contribution is 0.138. The summed E-state index contributed by atoms with van der Waals surface area (Å²) in [5.74, 6) is -0.229. The summed E-state index contributed by atoms with van der Waals surface area (Å²) in [5.41, 5.74) is 9.75. The van der Waals surface area contributed by atoms with Crippen molar-refractivity contribution in [1.29, 1.82) is 0 Å². The van der Waals surface area contributed by atoms with E-state index in [1.807, 2.05) is 24.5 Å². The van der Waals surface area contributed by atoms with Gasteiger partial charge in [0.1, 0.15) is 11.1 Å². The summed E-state index contributed by atoms with van der Waals surface area (Å²) in [6.07, 6.45) is 6.51. The number of hydrogen-bond donors (Lipinski definition) is 2. The molecule has 0 saturated carbocycles. The van der Waals surface area contributed by atoms with Crippen LogP contribution in [0.15, 0.2) is 40.9 Å². The van der Waals surface area contributed by atoms with E-state index in [9.17, 15) is 4.39 Å². The van der Waals surface area contributed by atoms with Crippen molar-refractivity contribution >= 4 is 39.5 Å². The van der Waals surface area contributed by atoms with Crippen LogP contribution in [0, 0.1) is 11.7 Å². The molecule has 1 aliphatic heterocycles. The SMILES string of the molecule is CC1=CC(c2csc(Nc3nc(OC4CCOC4)c(Cl)cc3F)n2)=CC=C(N)C1C. The van der Waals surface area contributed by atoms with Crippen molar-refractivity contribution in [2.75, 3.05) is 18.5 Å². The minimum absolute atomic E-state index is 0.00791. The second-order valence-electron chi connectivity index (χ2n) is 7.27. The van der Waals surface area contributed by atoms with Gasteiger partial charge in [0.25, 0.3) is 0 Å². The minimum Gasteiger partial charge on any atom is -0.471 e. The molecule has 0 amide bonds. The van der Waals surface area contributed by atoms with Gasteiger partial charge in [-0.05, 0) is 13.0 Å². The van der Waals surface area contributed by atoms with Crippen LogP contribution < -0.4 is 15.8 Å². The van der Waals surface area contributed by atoms with Gasteiger partial charge in [-0.3, -0.25) is 0 Å². The van der Waals surface area contributed by atoms with Crippen LogP contribution >= 0.6 is 22.9 Å². The minimum atomic E-state index is -0.583. The molecule has 0 bridgehead atoms. The molecule has 4 rings (SSSR count). The number of rotatable bonds is 5. The first-order chi connectivity index (χ1) is 14.4. The highest BCUT2D eigenvalue weighted by Gasteiger charge is 2.21. The molecule has 2 aromatic heterocycles. The molecule has 0 radical (unpaired) electrons. The molecule has 3 N–H and O–H groups in total. The lowest BCUT2D eigenvalue weighted by Crippen LogP contribution is -2.17. The predicted octanol–water partition coefficient (Wildman–Crippen LogP) is 5.06. The van der Waals surface area contributed by atoms with Gasteiger partial charge in [0.05, 0.1) is 18.9 Å². The Morgan fingerprint density at radius 3 is 2.97 bits per heavy atom. The van der Waals surface area contributed by atoms with Crippen LogP contribution in [0.25, 0.3) is 5.57 Å². The number of aromatic nitrogens is 2. The van der Waals surface area contributed by atoms with Crippen molar-refractivity contribution in [1.82, 2.24) is 9.97 Å². The Morgan fingerprint density at radius 2 is 2.20 bits per heavy atom. The fraction of sp³-hybridized carbons (Fsp3) is 0.333. The normalized spacial score (nSPS) is 21.5. The van der Waals surface area contributed by atoms with Crippen LogP contribution in [-0.4, -0.2) is 29.3 Å². The molecule has 3 heterocycles. The monoisotopic (exact) mass is 448 g/mol. The molecule has 2 atom stereocenters. The van der Waals surface area contributed by atoms with Crippen molar-refractivity contribution in [2.45, 2.75) is 26.4 Å². The van der Waals surface area contributed by atoms with E-state index in [0.717, 1.165) is 29.0 Å². The van der Waals surface area contributed by atoms with E-state index in [-0.39, 0.29) is 28.7 Å². The Kier molecular flexibility index (Phi) is 6.08. The highest BCUT2D eigenvalue weighted by molar-refractivity contribution is 7.13. The number of halogens is 2. The number of pyridine rings is 1. The number of nitrogens with zero attached hydrogens (tertiary/aromatic N) is 2. The third kappa shape index (κ3) is 4.50. The van der Waals surface area contributed by atoms with Crippen molar-refractivity contribution in [3.05, 3.63) is 57.5 Å². The van der Waals surface area contributed by atoms with Gasteiger partial charge >= 0.3 is 0 Å². The summed E-state index contributed by atoms with van der Waals surface area (Å²) in [6, 6.07) is 1.19. The molecule has 2 unspecified atom stereocenters. The fourth-order valence-electron chi connectivity index (χ4n) is 3.12. The zero-order valence-corrected chi connectivity index (χ0v) is 18.2. The van der Waals surface area contributed by atoms with E-state index in [1.54, 1.807) is 0 Å². The molecule has 0 aromatic carbocycles. The van der Waals surface area contributed by atoms with Gasteiger partial charge in [-0.2, -0.15) is 4.98 Å². The highest BCUT2D eigenvalue weighted by Crippen LogP contribution is 2.32. The van der Waals surface area contributed by atoms with E-state index in [1.165, 1.54) is 17.4 Å². The number of ether oxygens (including phenoxy) is 2. The van der Waals surface area contributed by atoms with Crippen LogP contribution in [-0.2, 0) is 4.74 Å². The van der Waals surface area contributed by atoms with Crippen LogP contribution in [0.4, 0.5) is 15.3 Å². The second-order valence-corrected chi connectivity index (χ2v) is 8.54. The van der Waals surface area contributed by atoms with Crippen molar-refractivity contribution < 1.29 is 13.9 Å². The van der Waals surface area contributed by atoms with Crippen LogP contribution in [0.5, 0.6) is 5.88 Å². The summed E-state index contributed by atoms with van der Waals surface area (Å²) in [6.45, 7) is 5.20. The fourth-order valence-corrected chi connectivity index (χ4v) is 4.02. The van der Waals surface area contributed by atoms with Crippen LogP contribution in [0.2, 0.25) is 5.02 Å². The average Bonchev–Trinajstić information content (AvgIpc) is 3.37. The van der Waals surface area contributed by atoms with Crippen LogP contribution in [0.3, 0.4) is 0 Å². The maximum absolute atomic E-state index is 14.4. The van der Waals surface area contributed by atoms with Crippen molar-refractivity contribution in [2.24, 2.45) is 11.7 Å². The number of thiazole rings is 1. The van der Waals surface area contributed by atoms with Gasteiger partial charge in [-0.25, -0.2) is 9.37 Å². The van der Waals surface area contributed by atoms with E-state index in [4.69, 9.17) is 26.8 Å². The van der Waals surface area contributed by atoms with E-state index in [0.29, 0.717) is 18.3 Å². The molecule has 6 nitrogen and oxygen atoms in total. The third-order valence-electron chi connectivity index (χ3n) is 5.11. The third-order valence-corrected chi connectivity index (χ3v) is 6.14. The van der Waals surface area contributed by atoms with Gasteiger partial charge in [0.15, 0.2) is 16.8 Å². The molecule has 1 saturated heterocycles. The molecule has 2 aromatic rings. The van der Waals surface area contributed by atoms with Gasteiger partial charge in [-0.15, -0.1) is 11.3 Å². The number of nitrogens with one attached hydrogen (secondary N) is 1. The summed E-state index contributed by atoms with van der Waals surface area (Å²) >= 11 is 7.46. The van der Waals surface area contributed by atoms with E-state index >= 15 is 0 Å².